The van der Waals surface area contributed by atoms with Crippen molar-refractivity contribution in [3.8, 4) is 0 Å². The third-order valence-electron chi connectivity index (χ3n) is 4.32. The summed E-state index contributed by atoms with van der Waals surface area (Å²) in [5.41, 5.74) is 8.13. The first-order valence-electron chi connectivity index (χ1n) is 9.03. The number of primary amides is 1. The van der Waals surface area contributed by atoms with Crippen LogP contribution in [0.1, 0.15) is 23.5 Å². The quantitative estimate of drug-likeness (QED) is 0.559. The van der Waals surface area contributed by atoms with Gasteiger partial charge in [0.05, 0.1) is 11.4 Å². The molecule has 3 N–H and O–H groups in total. The van der Waals surface area contributed by atoms with Gasteiger partial charge in [-0.05, 0) is 23.3 Å². The monoisotopic (exact) mass is 390 g/mol. The standard InChI is InChI=1S/C23H22N2O2S/c24-22(26)16-28-21-14-8-7-13-20(21)25-23(27)15-19(17-9-3-1-4-10-17)18-11-5-2-6-12-18/h1-14,19H,15-16H2,(H2,24,26)(H,25,27). The van der Waals surface area contributed by atoms with Gasteiger partial charge in [-0.2, -0.15) is 0 Å². The van der Waals surface area contributed by atoms with Gasteiger partial charge in [-0.1, -0.05) is 72.8 Å². The smallest absolute Gasteiger partial charge is 0.227 e. The molecule has 3 rings (SSSR count). The predicted molar refractivity (Wildman–Crippen MR) is 114 cm³/mol. The largest absolute Gasteiger partial charge is 0.369 e. The zero-order valence-corrected chi connectivity index (χ0v) is 16.2. The summed E-state index contributed by atoms with van der Waals surface area (Å²) in [5.74, 6) is -0.333. The topological polar surface area (TPSA) is 72.2 Å². The SMILES string of the molecule is NC(=O)CSc1ccccc1NC(=O)CC(c1ccccc1)c1ccccc1. The molecule has 0 saturated carbocycles. The molecule has 3 aromatic rings. The lowest BCUT2D eigenvalue weighted by Crippen LogP contribution is -2.17. The second-order valence-electron chi connectivity index (χ2n) is 6.38. The number of nitrogens with two attached hydrogens (primary N) is 1. The van der Waals surface area contributed by atoms with Gasteiger partial charge in [0.25, 0.3) is 0 Å². The maximum Gasteiger partial charge on any atom is 0.227 e. The fourth-order valence-corrected chi connectivity index (χ4v) is 3.78. The van der Waals surface area contributed by atoms with Gasteiger partial charge in [0.1, 0.15) is 0 Å². The van der Waals surface area contributed by atoms with Gasteiger partial charge >= 0.3 is 0 Å². The van der Waals surface area contributed by atoms with E-state index in [0.717, 1.165) is 16.0 Å². The number of rotatable bonds is 8. The average molecular weight is 391 g/mol. The Balaban J connectivity index is 1.77. The molecule has 0 fully saturated rings. The number of benzene rings is 3. The second kappa shape index (κ2) is 9.76. The van der Waals surface area contributed by atoms with Gasteiger partial charge in [-0.15, -0.1) is 11.8 Å². The number of carbonyl (C=O) groups excluding carboxylic acids is 2. The molecule has 0 aliphatic heterocycles. The first-order chi connectivity index (χ1) is 13.6. The van der Waals surface area contributed by atoms with Crippen LogP contribution in [0.25, 0.3) is 0 Å². The molecule has 0 bridgehead atoms. The van der Waals surface area contributed by atoms with E-state index >= 15 is 0 Å². The lowest BCUT2D eigenvalue weighted by Gasteiger charge is -2.18. The van der Waals surface area contributed by atoms with Crippen LogP contribution in [0.3, 0.4) is 0 Å². The van der Waals surface area contributed by atoms with Crippen LogP contribution in [0.15, 0.2) is 89.8 Å². The van der Waals surface area contributed by atoms with Gasteiger partial charge in [0.15, 0.2) is 0 Å². The van der Waals surface area contributed by atoms with Gasteiger partial charge in [-0.3, -0.25) is 9.59 Å². The van der Waals surface area contributed by atoms with Crippen molar-refractivity contribution in [2.24, 2.45) is 5.73 Å². The zero-order valence-electron chi connectivity index (χ0n) is 15.4. The van der Waals surface area contributed by atoms with Gasteiger partial charge in [-0.25, -0.2) is 0 Å². The zero-order chi connectivity index (χ0) is 19.8. The van der Waals surface area contributed by atoms with E-state index in [-0.39, 0.29) is 23.5 Å². The van der Waals surface area contributed by atoms with Gasteiger partial charge < -0.3 is 11.1 Å². The van der Waals surface area contributed by atoms with E-state index in [1.54, 1.807) is 0 Å². The van der Waals surface area contributed by atoms with E-state index in [9.17, 15) is 9.59 Å². The highest BCUT2D eigenvalue weighted by Crippen LogP contribution is 2.30. The Morgan fingerprint density at radius 2 is 1.36 bits per heavy atom. The number of carbonyl (C=O) groups is 2. The molecule has 0 spiro atoms. The molecular weight excluding hydrogens is 368 g/mol. The van der Waals surface area contributed by atoms with Crippen LogP contribution in [0.5, 0.6) is 0 Å². The number of hydrogen-bond acceptors (Lipinski definition) is 3. The lowest BCUT2D eigenvalue weighted by molar-refractivity contribution is -0.116. The molecule has 0 radical (unpaired) electrons. The highest BCUT2D eigenvalue weighted by molar-refractivity contribution is 8.00. The molecular formula is C23H22N2O2S. The summed E-state index contributed by atoms with van der Waals surface area (Å²) in [6, 6.07) is 27.5. The summed E-state index contributed by atoms with van der Waals surface area (Å²) in [4.78, 5) is 24.8. The average Bonchev–Trinajstić information content (AvgIpc) is 2.72. The van der Waals surface area contributed by atoms with Crippen molar-refractivity contribution in [3.05, 3.63) is 96.1 Å². The van der Waals surface area contributed by atoms with Crippen molar-refractivity contribution in [2.75, 3.05) is 11.1 Å². The summed E-state index contributed by atoms with van der Waals surface area (Å²) >= 11 is 1.32. The van der Waals surface area contributed by atoms with Crippen LogP contribution in [0.2, 0.25) is 0 Å². The molecule has 0 aromatic heterocycles. The Morgan fingerprint density at radius 3 is 1.93 bits per heavy atom. The number of para-hydroxylation sites is 1. The van der Waals surface area contributed by atoms with Crippen molar-refractivity contribution < 1.29 is 9.59 Å². The second-order valence-corrected chi connectivity index (χ2v) is 7.39. The molecule has 2 amide bonds. The molecule has 5 heteroatoms. The number of amides is 2. The molecule has 142 valence electrons. The van der Waals surface area contributed by atoms with E-state index < -0.39 is 0 Å². The van der Waals surface area contributed by atoms with Crippen molar-refractivity contribution in [2.45, 2.75) is 17.2 Å². The number of hydrogen-bond donors (Lipinski definition) is 2. The Hall–Kier alpha value is -3.05. The number of thioether (sulfide) groups is 1. The van der Waals surface area contributed by atoms with Gasteiger partial charge in [0.2, 0.25) is 11.8 Å². The molecule has 0 saturated heterocycles. The first kappa shape index (κ1) is 19.7. The van der Waals surface area contributed by atoms with E-state index in [1.165, 1.54) is 11.8 Å². The molecule has 0 atom stereocenters. The summed E-state index contributed by atoms with van der Waals surface area (Å²) in [5, 5.41) is 2.99. The Kier molecular flexibility index (Phi) is 6.87. The highest BCUT2D eigenvalue weighted by Gasteiger charge is 2.19. The van der Waals surface area contributed by atoms with Crippen molar-refractivity contribution >= 4 is 29.3 Å². The van der Waals surface area contributed by atoms with Crippen LogP contribution >= 0.6 is 11.8 Å². The first-order valence-corrected chi connectivity index (χ1v) is 10.0. The molecule has 28 heavy (non-hydrogen) atoms. The fraction of sp³-hybridized carbons (Fsp3) is 0.130. The third kappa shape index (κ3) is 5.47. The van der Waals surface area contributed by atoms with Gasteiger partial charge in [0, 0.05) is 17.2 Å². The van der Waals surface area contributed by atoms with Crippen LogP contribution in [-0.2, 0) is 9.59 Å². The minimum absolute atomic E-state index is 0.0344. The van der Waals surface area contributed by atoms with E-state index in [2.05, 4.69) is 5.32 Å². The number of anilines is 1. The van der Waals surface area contributed by atoms with Crippen molar-refractivity contribution in [3.63, 3.8) is 0 Å². The van der Waals surface area contributed by atoms with Crippen LogP contribution in [0, 0.1) is 0 Å². The van der Waals surface area contributed by atoms with Crippen LogP contribution < -0.4 is 11.1 Å². The molecule has 4 nitrogen and oxygen atoms in total. The Morgan fingerprint density at radius 1 is 0.821 bits per heavy atom. The highest BCUT2D eigenvalue weighted by atomic mass is 32.2. The van der Waals surface area contributed by atoms with Crippen LogP contribution in [0.4, 0.5) is 5.69 Å². The van der Waals surface area contributed by atoms with Crippen LogP contribution in [-0.4, -0.2) is 17.6 Å². The normalized spacial score (nSPS) is 10.6. The third-order valence-corrected chi connectivity index (χ3v) is 5.42. The Bertz CT molecular complexity index is 890. The fourth-order valence-electron chi connectivity index (χ4n) is 3.03. The Labute approximate surface area is 169 Å². The maximum absolute atomic E-state index is 12.8. The van der Waals surface area contributed by atoms with Crippen molar-refractivity contribution in [1.29, 1.82) is 0 Å². The summed E-state index contributed by atoms with van der Waals surface area (Å²) in [6.07, 6.45) is 0.322. The minimum Gasteiger partial charge on any atom is -0.369 e. The molecule has 0 aliphatic carbocycles. The minimum atomic E-state index is -0.389. The molecule has 3 aromatic carbocycles. The predicted octanol–water partition coefficient (Wildman–Crippen LogP) is 4.42. The van der Waals surface area contributed by atoms with E-state index in [0.29, 0.717) is 12.1 Å². The summed E-state index contributed by atoms with van der Waals surface area (Å²) in [7, 11) is 0. The molecule has 0 aliphatic rings. The van der Waals surface area contributed by atoms with E-state index in [1.807, 2.05) is 84.9 Å². The maximum atomic E-state index is 12.8. The van der Waals surface area contributed by atoms with E-state index in [4.69, 9.17) is 5.73 Å². The summed E-state index contributed by atoms with van der Waals surface area (Å²) in [6.45, 7) is 0. The number of nitrogens with one attached hydrogen (secondary N) is 1. The molecule has 0 heterocycles. The van der Waals surface area contributed by atoms with Crippen molar-refractivity contribution in [1.82, 2.24) is 0 Å². The molecule has 0 unspecified atom stereocenters. The summed E-state index contributed by atoms with van der Waals surface area (Å²) < 4.78 is 0. The lowest BCUT2D eigenvalue weighted by atomic mass is 9.88.